The molecule has 2 aliphatic heterocycles. The van der Waals surface area contributed by atoms with Gasteiger partial charge in [0.25, 0.3) is 0 Å². The number of thiazole rings is 1. The monoisotopic (exact) mass is 531 g/mol. The van der Waals surface area contributed by atoms with E-state index in [4.69, 9.17) is 24.2 Å². The smallest absolute Gasteiger partial charge is 0.475 e. The number of hydrogen-bond acceptors (Lipinski definition) is 7. The number of rotatable bonds is 4. The van der Waals surface area contributed by atoms with Crippen molar-refractivity contribution >= 4 is 23.3 Å². The Hall–Kier alpha value is -2.65. The summed E-state index contributed by atoms with van der Waals surface area (Å²) in [6.45, 7) is 6.38. The lowest BCUT2D eigenvalue weighted by molar-refractivity contribution is -0.193. The average molecular weight is 531 g/mol. The van der Waals surface area contributed by atoms with Gasteiger partial charge < -0.3 is 14.6 Å². The lowest BCUT2D eigenvalue weighted by Gasteiger charge is -2.24. The van der Waals surface area contributed by atoms with Crippen LogP contribution >= 0.6 is 11.3 Å². The molecule has 2 saturated heterocycles. The van der Waals surface area contributed by atoms with Gasteiger partial charge in [0.15, 0.2) is 0 Å². The van der Waals surface area contributed by atoms with E-state index in [0.717, 1.165) is 24.6 Å². The molecule has 2 aromatic heterocycles. The zero-order valence-corrected chi connectivity index (χ0v) is 19.2. The number of carboxylic acids is 2. The number of fused-ring (bicyclic) bond motifs is 1. The third kappa shape index (κ3) is 8.81. The van der Waals surface area contributed by atoms with Gasteiger partial charge in [0.1, 0.15) is 16.5 Å². The lowest BCUT2D eigenvalue weighted by Crippen LogP contribution is -2.35. The van der Waals surface area contributed by atoms with E-state index in [1.807, 2.05) is 13.1 Å². The minimum Gasteiger partial charge on any atom is -0.475 e. The Morgan fingerprint density at radius 1 is 1.00 bits per heavy atom. The number of carboxylic acid groups (broad SMARTS) is 2. The molecule has 2 aromatic rings. The molecule has 2 atom stereocenters. The van der Waals surface area contributed by atoms with Crippen molar-refractivity contribution in [1.29, 1.82) is 0 Å². The predicted octanol–water partition coefficient (Wildman–Crippen LogP) is 4.16. The highest BCUT2D eigenvalue weighted by Gasteiger charge is 2.42. The summed E-state index contributed by atoms with van der Waals surface area (Å²) in [5, 5.41) is 17.6. The topological polar surface area (TPSA) is 107 Å². The van der Waals surface area contributed by atoms with Crippen LogP contribution in [0.3, 0.4) is 0 Å². The van der Waals surface area contributed by atoms with Gasteiger partial charge in [-0.3, -0.25) is 9.80 Å². The Morgan fingerprint density at radius 3 is 1.86 bits per heavy atom. The molecule has 2 N–H and O–H groups in total. The highest BCUT2D eigenvalue weighted by atomic mass is 32.1. The van der Waals surface area contributed by atoms with Crippen molar-refractivity contribution in [2.24, 2.45) is 0 Å². The van der Waals surface area contributed by atoms with Crippen LogP contribution in [0.5, 0.6) is 0 Å². The van der Waals surface area contributed by atoms with Gasteiger partial charge >= 0.3 is 24.3 Å². The number of furan rings is 1. The highest BCUT2D eigenvalue weighted by molar-refractivity contribution is 7.09. The number of halogens is 6. The molecule has 0 spiro atoms. The maximum absolute atomic E-state index is 10.6. The van der Waals surface area contributed by atoms with Crippen molar-refractivity contribution in [3.05, 3.63) is 40.2 Å². The molecular formula is C20H23F6N3O5S. The Kier molecular flexibility index (Phi) is 9.68. The van der Waals surface area contributed by atoms with Crippen LogP contribution < -0.4 is 0 Å². The number of carbonyl (C=O) groups is 2. The molecule has 4 rings (SSSR count). The summed E-state index contributed by atoms with van der Waals surface area (Å²) >= 11 is 1.77. The van der Waals surface area contributed by atoms with Gasteiger partial charge in [0.2, 0.25) is 0 Å². The second-order valence-electron chi connectivity index (χ2n) is 7.70. The Bertz CT molecular complexity index is 939. The molecular weight excluding hydrogens is 508 g/mol. The molecule has 0 unspecified atom stereocenters. The molecule has 15 heteroatoms. The minimum atomic E-state index is -5.08. The fraction of sp³-hybridized carbons (Fsp3) is 0.550. The molecule has 2 aliphatic rings. The molecule has 4 heterocycles. The van der Waals surface area contributed by atoms with Crippen LogP contribution in [0.4, 0.5) is 26.3 Å². The summed E-state index contributed by atoms with van der Waals surface area (Å²) in [7, 11) is 0. The van der Waals surface area contributed by atoms with Gasteiger partial charge in [0.05, 0.1) is 13.1 Å². The van der Waals surface area contributed by atoms with E-state index in [1.165, 1.54) is 30.9 Å². The molecule has 196 valence electrons. The lowest BCUT2D eigenvalue weighted by atomic mass is 10.1. The summed E-state index contributed by atoms with van der Waals surface area (Å²) in [4.78, 5) is 27.4. The predicted molar refractivity (Wildman–Crippen MR) is 111 cm³/mol. The maximum atomic E-state index is 10.6. The van der Waals surface area contributed by atoms with E-state index in [2.05, 4.69) is 32.3 Å². The van der Waals surface area contributed by atoms with Gasteiger partial charge in [-0.1, -0.05) is 0 Å². The molecule has 8 nitrogen and oxygen atoms in total. The molecule has 2 fully saturated rings. The quantitative estimate of drug-likeness (QED) is 0.567. The summed E-state index contributed by atoms with van der Waals surface area (Å²) in [6.07, 6.45) is -5.71. The van der Waals surface area contributed by atoms with Crippen molar-refractivity contribution in [2.75, 3.05) is 13.1 Å². The third-order valence-electron chi connectivity index (χ3n) is 5.27. The fourth-order valence-electron chi connectivity index (χ4n) is 3.83. The average Bonchev–Trinajstić information content (AvgIpc) is 3.51. The Morgan fingerprint density at radius 2 is 1.49 bits per heavy atom. The van der Waals surface area contributed by atoms with Crippen molar-refractivity contribution in [2.45, 2.75) is 57.3 Å². The maximum Gasteiger partial charge on any atom is 0.490 e. The van der Waals surface area contributed by atoms with E-state index in [9.17, 15) is 26.3 Å². The summed E-state index contributed by atoms with van der Waals surface area (Å²) in [6, 6.07) is 5.57. The van der Waals surface area contributed by atoms with Crippen LogP contribution in [-0.4, -0.2) is 74.5 Å². The first-order chi connectivity index (χ1) is 16.2. The first-order valence-corrected chi connectivity index (χ1v) is 11.1. The van der Waals surface area contributed by atoms with Crippen LogP contribution in [0.2, 0.25) is 0 Å². The molecule has 0 radical (unpaired) electrons. The van der Waals surface area contributed by atoms with Gasteiger partial charge in [-0.15, -0.1) is 11.3 Å². The van der Waals surface area contributed by atoms with Crippen molar-refractivity contribution < 1.29 is 50.6 Å². The van der Waals surface area contributed by atoms with Crippen LogP contribution in [0, 0.1) is 6.92 Å². The zero-order valence-electron chi connectivity index (χ0n) is 18.3. The van der Waals surface area contributed by atoms with Crippen molar-refractivity contribution in [3.63, 3.8) is 0 Å². The van der Waals surface area contributed by atoms with Gasteiger partial charge in [-0.05, 0) is 31.9 Å². The SMILES string of the molecule is Cc1ccc(CN2CC[C@@H]3[C@@H]2CCN3Cc2nccs2)o1.O=C(O)C(F)(F)F.O=C(O)C(F)(F)F. The van der Waals surface area contributed by atoms with Gasteiger partial charge in [-0.2, -0.15) is 26.3 Å². The molecule has 0 aromatic carbocycles. The number of hydrogen-bond donors (Lipinski definition) is 2. The van der Waals surface area contributed by atoms with Crippen LogP contribution in [-0.2, 0) is 22.7 Å². The van der Waals surface area contributed by atoms with E-state index in [1.54, 1.807) is 11.3 Å². The summed E-state index contributed by atoms with van der Waals surface area (Å²) in [5.74, 6) is -3.40. The van der Waals surface area contributed by atoms with E-state index < -0.39 is 24.3 Å². The van der Waals surface area contributed by atoms with Crippen LogP contribution in [0.25, 0.3) is 0 Å². The molecule has 0 saturated carbocycles. The molecule has 0 aliphatic carbocycles. The van der Waals surface area contributed by atoms with E-state index in [-0.39, 0.29) is 0 Å². The van der Waals surface area contributed by atoms with E-state index in [0.29, 0.717) is 12.1 Å². The molecule has 0 amide bonds. The molecule has 35 heavy (non-hydrogen) atoms. The highest BCUT2D eigenvalue weighted by Crippen LogP contribution is 2.34. The number of aliphatic carboxylic acids is 2. The standard InChI is InChI=1S/C16H21N3OS.2C2HF3O2/c1-12-2-3-13(20-12)10-18-7-4-15-14(18)5-8-19(15)11-16-17-6-9-21-16;2*3-2(4,5)1(6)7/h2-3,6,9,14-15H,4-5,7-8,10-11H2,1H3;2*(H,6,7)/t14-,15+;;/m0../s1. The molecule has 0 bridgehead atoms. The largest absolute Gasteiger partial charge is 0.490 e. The van der Waals surface area contributed by atoms with Crippen molar-refractivity contribution in [3.8, 4) is 0 Å². The zero-order chi connectivity index (χ0) is 26.4. The number of aromatic nitrogens is 1. The van der Waals surface area contributed by atoms with Gasteiger partial charge in [-0.25, -0.2) is 14.6 Å². The number of alkyl halides is 6. The van der Waals surface area contributed by atoms with Gasteiger partial charge in [0, 0.05) is 36.8 Å². The van der Waals surface area contributed by atoms with Crippen molar-refractivity contribution in [1.82, 2.24) is 14.8 Å². The van der Waals surface area contributed by atoms with Crippen LogP contribution in [0.15, 0.2) is 28.1 Å². The second-order valence-corrected chi connectivity index (χ2v) is 8.68. The Balaban J connectivity index is 0.000000257. The summed E-state index contributed by atoms with van der Waals surface area (Å²) in [5.41, 5.74) is 0. The number of nitrogens with zero attached hydrogens (tertiary/aromatic N) is 3. The normalized spacial score (nSPS) is 20.4. The Labute approximate surface area is 199 Å². The minimum absolute atomic E-state index is 0.690. The number of likely N-dealkylation sites (tertiary alicyclic amines) is 2. The first-order valence-electron chi connectivity index (χ1n) is 10.2. The summed E-state index contributed by atoms with van der Waals surface area (Å²) < 4.78 is 69.2. The van der Waals surface area contributed by atoms with E-state index >= 15 is 0 Å². The first kappa shape index (κ1) is 28.6. The second kappa shape index (κ2) is 11.9. The number of aryl methyl sites for hydroxylation is 1. The fourth-order valence-corrected chi connectivity index (χ4v) is 4.47. The van der Waals surface area contributed by atoms with Crippen LogP contribution in [0.1, 0.15) is 29.4 Å². The third-order valence-corrected chi connectivity index (χ3v) is 6.03.